The van der Waals surface area contributed by atoms with Crippen molar-refractivity contribution in [3.05, 3.63) is 70.2 Å². The molecule has 0 bridgehead atoms. The number of pyridine rings is 1. The molecule has 0 spiro atoms. The lowest BCUT2D eigenvalue weighted by Gasteiger charge is -2.42. The summed E-state index contributed by atoms with van der Waals surface area (Å²) < 4.78 is 5.58. The number of aromatic nitrogens is 1. The molecule has 6 heteroatoms. The van der Waals surface area contributed by atoms with E-state index in [0.717, 1.165) is 46.9 Å². The summed E-state index contributed by atoms with van der Waals surface area (Å²) in [7, 11) is 1.64. The zero-order chi connectivity index (χ0) is 23.9. The first-order chi connectivity index (χ1) is 16.4. The third kappa shape index (κ3) is 4.16. The number of rotatable bonds is 6. The lowest BCUT2D eigenvalue weighted by atomic mass is 9.72. The number of fused-ring (bicyclic) bond motifs is 1. The van der Waals surface area contributed by atoms with Gasteiger partial charge in [0.05, 0.1) is 17.6 Å². The fraction of sp³-hybridized carbons (Fsp3) is 0.429. The van der Waals surface area contributed by atoms with Gasteiger partial charge in [0.15, 0.2) is 0 Å². The lowest BCUT2D eigenvalue weighted by Crippen LogP contribution is -2.45. The molecular formula is C28H31ClN2O3. The molecule has 2 aliphatic rings. The number of hydrogen-bond donors (Lipinski definition) is 1. The molecular weight excluding hydrogens is 448 g/mol. The van der Waals surface area contributed by atoms with Gasteiger partial charge < -0.3 is 14.7 Å². The SMILES string of the molecule is COc1nc2ccc([C@@](O)(c3ccccc3)C3CCN(C(C)=O)CC3)cc2c(Cl)c1CC1CC1. The minimum atomic E-state index is -1.20. The summed E-state index contributed by atoms with van der Waals surface area (Å²) in [4.78, 5) is 18.5. The Bertz CT molecular complexity index is 1200. The van der Waals surface area contributed by atoms with E-state index < -0.39 is 5.60 Å². The van der Waals surface area contributed by atoms with E-state index in [1.165, 1.54) is 12.8 Å². The summed E-state index contributed by atoms with van der Waals surface area (Å²) in [5.74, 6) is 1.29. The Labute approximate surface area is 205 Å². The summed E-state index contributed by atoms with van der Waals surface area (Å²) in [5.41, 5.74) is 2.17. The molecule has 5 rings (SSSR count). The number of piperidine rings is 1. The summed E-state index contributed by atoms with van der Waals surface area (Å²) in [6, 6.07) is 15.7. The second-order valence-corrected chi connectivity index (χ2v) is 10.1. The van der Waals surface area contributed by atoms with Crippen molar-refractivity contribution in [2.75, 3.05) is 20.2 Å². The Balaban J connectivity index is 1.61. The summed E-state index contributed by atoms with van der Waals surface area (Å²) in [5, 5.41) is 13.9. The number of amides is 1. The number of nitrogens with zero attached hydrogens (tertiary/aromatic N) is 2. The lowest BCUT2D eigenvalue weighted by molar-refractivity contribution is -0.131. The van der Waals surface area contributed by atoms with Gasteiger partial charge in [-0.15, -0.1) is 0 Å². The molecule has 1 saturated carbocycles. The second kappa shape index (κ2) is 9.20. The van der Waals surface area contributed by atoms with Crippen LogP contribution in [-0.2, 0) is 16.8 Å². The highest BCUT2D eigenvalue weighted by Gasteiger charge is 2.42. The van der Waals surface area contributed by atoms with Gasteiger partial charge in [0.1, 0.15) is 5.60 Å². The maximum atomic E-state index is 12.4. The Hall–Kier alpha value is -2.63. The number of ether oxygens (including phenoxy) is 1. The molecule has 1 N–H and O–H groups in total. The molecule has 2 heterocycles. The highest BCUT2D eigenvalue weighted by Crippen LogP contribution is 2.45. The number of methoxy groups -OCH3 is 1. The van der Waals surface area contributed by atoms with E-state index >= 15 is 0 Å². The van der Waals surface area contributed by atoms with Crippen molar-refractivity contribution in [3.63, 3.8) is 0 Å². The predicted molar refractivity (Wildman–Crippen MR) is 134 cm³/mol. The molecule has 1 aliphatic carbocycles. The molecule has 1 amide bonds. The quantitative estimate of drug-likeness (QED) is 0.519. The van der Waals surface area contributed by atoms with Crippen molar-refractivity contribution in [2.45, 2.75) is 44.6 Å². The third-order valence-corrected chi connectivity index (χ3v) is 7.98. The summed E-state index contributed by atoms with van der Waals surface area (Å²) in [6.45, 7) is 2.90. The zero-order valence-corrected chi connectivity index (χ0v) is 20.5. The molecule has 3 aromatic rings. The fourth-order valence-corrected chi connectivity index (χ4v) is 5.69. The number of hydrogen-bond acceptors (Lipinski definition) is 4. The van der Waals surface area contributed by atoms with Crippen LogP contribution in [0.3, 0.4) is 0 Å². The monoisotopic (exact) mass is 478 g/mol. The van der Waals surface area contributed by atoms with Crippen molar-refractivity contribution >= 4 is 28.4 Å². The maximum Gasteiger partial charge on any atom is 0.219 e. The molecule has 2 fully saturated rings. The van der Waals surface area contributed by atoms with Crippen LogP contribution in [0.1, 0.15) is 49.3 Å². The minimum absolute atomic E-state index is 0.0288. The van der Waals surface area contributed by atoms with Crippen LogP contribution >= 0.6 is 11.6 Å². The Morgan fingerprint density at radius 1 is 1.12 bits per heavy atom. The average molecular weight is 479 g/mol. The molecule has 5 nitrogen and oxygen atoms in total. The number of carbonyl (C=O) groups is 1. The van der Waals surface area contributed by atoms with Gasteiger partial charge in [0, 0.05) is 31.0 Å². The first kappa shape index (κ1) is 23.1. The number of benzene rings is 2. The number of likely N-dealkylation sites (tertiary alicyclic amines) is 1. The molecule has 0 radical (unpaired) electrons. The van der Waals surface area contributed by atoms with Gasteiger partial charge in [-0.2, -0.15) is 0 Å². The first-order valence-corrected chi connectivity index (χ1v) is 12.5. The van der Waals surface area contributed by atoms with Crippen molar-refractivity contribution in [1.82, 2.24) is 9.88 Å². The van der Waals surface area contributed by atoms with Gasteiger partial charge in [-0.05, 0) is 67.2 Å². The van der Waals surface area contributed by atoms with Crippen LogP contribution < -0.4 is 4.74 Å². The van der Waals surface area contributed by atoms with Crippen molar-refractivity contribution in [3.8, 4) is 5.88 Å². The van der Waals surface area contributed by atoms with E-state index in [-0.39, 0.29) is 11.8 Å². The van der Waals surface area contributed by atoms with Crippen LogP contribution in [0.25, 0.3) is 10.9 Å². The summed E-state index contributed by atoms with van der Waals surface area (Å²) >= 11 is 6.96. The van der Waals surface area contributed by atoms with E-state index in [0.29, 0.717) is 29.9 Å². The normalized spacial score (nSPS) is 18.6. The molecule has 1 aromatic heterocycles. The van der Waals surface area contributed by atoms with E-state index in [9.17, 15) is 9.90 Å². The van der Waals surface area contributed by atoms with E-state index in [4.69, 9.17) is 21.3 Å². The van der Waals surface area contributed by atoms with Gasteiger partial charge in [-0.3, -0.25) is 4.79 Å². The van der Waals surface area contributed by atoms with Crippen LogP contribution in [0.2, 0.25) is 5.02 Å². The molecule has 1 aliphatic heterocycles. The molecule has 1 atom stereocenters. The van der Waals surface area contributed by atoms with E-state index in [1.807, 2.05) is 53.4 Å². The van der Waals surface area contributed by atoms with E-state index in [1.54, 1.807) is 14.0 Å². The van der Waals surface area contributed by atoms with Crippen molar-refractivity contribution in [1.29, 1.82) is 0 Å². The van der Waals surface area contributed by atoms with Crippen LogP contribution in [0.15, 0.2) is 48.5 Å². The van der Waals surface area contributed by atoms with Crippen LogP contribution in [0, 0.1) is 11.8 Å². The highest BCUT2D eigenvalue weighted by molar-refractivity contribution is 6.36. The molecule has 2 aromatic carbocycles. The maximum absolute atomic E-state index is 12.4. The highest BCUT2D eigenvalue weighted by atomic mass is 35.5. The minimum Gasteiger partial charge on any atom is -0.481 e. The van der Waals surface area contributed by atoms with Crippen molar-refractivity contribution < 1.29 is 14.6 Å². The second-order valence-electron chi connectivity index (χ2n) is 9.71. The molecule has 34 heavy (non-hydrogen) atoms. The van der Waals surface area contributed by atoms with Crippen LogP contribution in [0.4, 0.5) is 0 Å². The van der Waals surface area contributed by atoms with Crippen LogP contribution in [-0.4, -0.2) is 41.1 Å². The van der Waals surface area contributed by atoms with Gasteiger partial charge in [0.25, 0.3) is 0 Å². The largest absolute Gasteiger partial charge is 0.481 e. The number of aliphatic hydroxyl groups is 1. The topological polar surface area (TPSA) is 62.7 Å². The number of halogens is 1. The first-order valence-electron chi connectivity index (χ1n) is 12.1. The fourth-order valence-electron chi connectivity index (χ4n) is 5.38. The molecule has 0 unspecified atom stereocenters. The smallest absolute Gasteiger partial charge is 0.219 e. The Morgan fingerprint density at radius 2 is 1.82 bits per heavy atom. The molecule has 178 valence electrons. The Morgan fingerprint density at radius 3 is 2.44 bits per heavy atom. The van der Waals surface area contributed by atoms with Gasteiger partial charge in [-0.1, -0.05) is 48.0 Å². The zero-order valence-electron chi connectivity index (χ0n) is 19.8. The van der Waals surface area contributed by atoms with Gasteiger partial charge >= 0.3 is 0 Å². The third-order valence-electron chi connectivity index (χ3n) is 7.55. The average Bonchev–Trinajstić information content (AvgIpc) is 3.69. The molecule has 1 saturated heterocycles. The van der Waals surface area contributed by atoms with Gasteiger partial charge in [-0.25, -0.2) is 4.98 Å². The number of carbonyl (C=O) groups excluding carboxylic acids is 1. The van der Waals surface area contributed by atoms with Gasteiger partial charge in [0.2, 0.25) is 11.8 Å². The van der Waals surface area contributed by atoms with Crippen LogP contribution in [0.5, 0.6) is 5.88 Å². The Kier molecular flexibility index (Phi) is 6.26. The van der Waals surface area contributed by atoms with E-state index in [2.05, 4.69) is 0 Å². The standard InChI is InChI=1S/C28H31ClN2O3/c1-18(32)31-14-12-21(13-15-31)28(33,20-6-4-3-5-7-20)22-10-11-25-23(17-22)26(29)24(16-19-8-9-19)27(30-25)34-2/h3-7,10-11,17,19,21,33H,8-9,12-16H2,1-2H3/t28-/m1/s1. The predicted octanol–water partition coefficient (Wildman–Crippen LogP) is 5.34. The summed E-state index contributed by atoms with van der Waals surface area (Å²) in [6.07, 6.45) is 4.74. The van der Waals surface area contributed by atoms with Crippen molar-refractivity contribution in [2.24, 2.45) is 11.8 Å².